The van der Waals surface area contributed by atoms with Crippen molar-refractivity contribution in [3.8, 4) is 0 Å². The van der Waals surface area contributed by atoms with Crippen LogP contribution in [0.15, 0.2) is 0 Å². The lowest BCUT2D eigenvalue weighted by molar-refractivity contribution is -0.316. The highest BCUT2D eigenvalue weighted by atomic mass is 16.8. The molecule has 0 radical (unpaired) electrons. The largest absolute Gasteiger partial charge is 0.376 e. The van der Waals surface area contributed by atoms with Gasteiger partial charge in [0.1, 0.15) is 18.3 Å². The Hall–Kier alpha value is -0.810. The van der Waals surface area contributed by atoms with Gasteiger partial charge in [0.2, 0.25) is 12.2 Å². The Morgan fingerprint density at radius 1 is 1.14 bits per heavy atom. The lowest BCUT2D eigenvalue weighted by Crippen LogP contribution is -2.60. The van der Waals surface area contributed by atoms with E-state index in [-0.39, 0.29) is 18.6 Å². The minimum Gasteiger partial charge on any atom is -0.376 e. The van der Waals surface area contributed by atoms with Crippen LogP contribution in [0.2, 0.25) is 0 Å². The summed E-state index contributed by atoms with van der Waals surface area (Å²) in [5, 5.41) is 9.22. The molecule has 0 saturated carbocycles. The van der Waals surface area contributed by atoms with E-state index in [4.69, 9.17) is 23.8 Å². The highest BCUT2D eigenvalue weighted by molar-refractivity contribution is 5.75. The number of nitrogens with one attached hydrogen (secondary N) is 1. The van der Waals surface area contributed by atoms with Crippen molar-refractivity contribution in [2.75, 3.05) is 28.4 Å². The zero-order valence-electron chi connectivity index (χ0n) is 13.5. The van der Waals surface area contributed by atoms with E-state index >= 15 is 0 Å². The molecule has 6 unspecified atom stereocenters. The standard InChI is InChI=1S/C13H25NO8/c1-7-10(18-3)11(19-4)12(20-5)13(21-7)22-14-8(15)6-9(16)17-2/h7,9-13,16H,6H2,1-5H3,(H,14,15). The molecule has 22 heavy (non-hydrogen) atoms. The van der Waals surface area contributed by atoms with Gasteiger partial charge in [-0.1, -0.05) is 0 Å². The van der Waals surface area contributed by atoms with Crippen molar-refractivity contribution >= 4 is 5.91 Å². The molecule has 2 N–H and O–H groups in total. The van der Waals surface area contributed by atoms with Crippen molar-refractivity contribution < 1.29 is 38.4 Å². The summed E-state index contributed by atoms with van der Waals surface area (Å²) in [6.07, 6.45) is -4.01. The predicted molar refractivity (Wildman–Crippen MR) is 73.6 cm³/mol. The van der Waals surface area contributed by atoms with E-state index in [1.807, 2.05) is 0 Å². The minimum absolute atomic E-state index is 0.259. The highest BCUT2D eigenvalue weighted by Gasteiger charge is 2.46. The van der Waals surface area contributed by atoms with Gasteiger partial charge in [-0.25, -0.2) is 10.3 Å². The zero-order chi connectivity index (χ0) is 16.7. The fraction of sp³-hybridized carbons (Fsp3) is 0.923. The van der Waals surface area contributed by atoms with Crippen LogP contribution in [0.3, 0.4) is 0 Å². The van der Waals surface area contributed by atoms with Crippen LogP contribution in [0, 0.1) is 0 Å². The van der Waals surface area contributed by atoms with Crippen LogP contribution in [-0.2, 0) is 33.3 Å². The van der Waals surface area contributed by atoms with Crippen molar-refractivity contribution in [3.05, 3.63) is 0 Å². The summed E-state index contributed by atoms with van der Waals surface area (Å²) in [6.45, 7) is 1.80. The summed E-state index contributed by atoms with van der Waals surface area (Å²) in [6, 6.07) is 0. The molecule has 0 aliphatic carbocycles. The molecule has 0 bridgehead atoms. The van der Waals surface area contributed by atoms with Crippen LogP contribution in [0.4, 0.5) is 0 Å². The summed E-state index contributed by atoms with van der Waals surface area (Å²) in [5.41, 5.74) is 2.20. The topological polar surface area (TPSA) is 105 Å². The Kier molecular flexibility index (Phi) is 8.18. The zero-order valence-corrected chi connectivity index (χ0v) is 13.5. The Morgan fingerprint density at radius 2 is 1.73 bits per heavy atom. The molecule has 1 heterocycles. The smallest absolute Gasteiger partial charge is 0.248 e. The van der Waals surface area contributed by atoms with Crippen LogP contribution in [0.5, 0.6) is 0 Å². The second kappa shape index (κ2) is 9.36. The molecule has 1 aliphatic heterocycles. The molecule has 1 aliphatic rings. The molecule has 0 aromatic heterocycles. The number of hydrogen-bond acceptors (Lipinski definition) is 8. The van der Waals surface area contributed by atoms with Gasteiger partial charge >= 0.3 is 0 Å². The van der Waals surface area contributed by atoms with Gasteiger partial charge in [0.05, 0.1) is 12.5 Å². The number of hydrogen-bond donors (Lipinski definition) is 2. The maximum absolute atomic E-state index is 11.6. The number of aliphatic hydroxyl groups is 1. The third-order valence-corrected chi connectivity index (χ3v) is 3.46. The van der Waals surface area contributed by atoms with Gasteiger partial charge in [0.25, 0.3) is 0 Å². The monoisotopic (exact) mass is 323 g/mol. The molecule has 9 nitrogen and oxygen atoms in total. The molecule has 0 spiro atoms. The van der Waals surface area contributed by atoms with E-state index in [0.717, 1.165) is 0 Å². The summed E-state index contributed by atoms with van der Waals surface area (Å²) in [4.78, 5) is 16.8. The molecule has 1 fully saturated rings. The first-order chi connectivity index (χ1) is 10.5. The molecular formula is C13H25NO8. The summed E-state index contributed by atoms with van der Waals surface area (Å²) in [5.74, 6) is -0.553. The highest BCUT2D eigenvalue weighted by Crippen LogP contribution is 2.27. The maximum atomic E-state index is 11.6. The summed E-state index contributed by atoms with van der Waals surface area (Å²) < 4.78 is 26.3. The molecule has 130 valence electrons. The van der Waals surface area contributed by atoms with Gasteiger partial charge in [-0.2, -0.15) is 0 Å². The average Bonchev–Trinajstić information content (AvgIpc) is 2.51. The Bertz CT molecular complexity index is 342. The molecule has 6 atom stereocenters. The number of methoxy groups -OCH3 is 4. The molecular weight excluding hydrogens is 298 g/mol. The number of hydroxylamine groups is 1. The van der Waals surface area contributed by atoms with Crippen LogP contribution in [0.1, 0.15) is 13.3 Å². The van der Waals surface area contributed by atoms with Crippen molar-refractivity contribution in [2.45, 2.75) is 50.3 Å². The van der Waals surface area contributed by atoms with Crippen molar-refractivity contribution in [2.24, 2.45) is 0 Å². The third-order valence-electron chi connectivity index (χ3n) is 3.46. The van der Waals surface area contributed by atoms with E-state index in [1.54, 1.807) is 14.0 Å². The van der Waals surface area contributed by atoms with Gasteiger partial charge in [0.15, 0.2) is 6.29 Å². The van der Waals surface area contributed by atoms with E-state index in [1.165, 1.54) is 21.3 Å². The number of aliphatic hydroxyl groups excluding tert-OH is 1. The number of amides is 1. The maximum Gasteiger partial charge on any atom is 0.248 e. The first-order valence-electron chi connectivity index (χ1n) is 6.87. The Morgan fingerprint density at radius 3 is 2.23 bits per heavy atom. The number of carbonyl (C=O) groups excluding carboxylic acids is 1. The second-order valence-electron chi connectivity index (χ2n) is 4.85. The first kappa shape index (κ1) is 19.2. The van der Waals surface area contributed by atoms with Crippen molar-refractivity contribution in [3.63, 3.8) is 0 Å². The Balaban J connectivity index is 2.63. The van der Waals surface area contributed by atoms with Gasteiger partial charge in [-0.3, -0.25) is 4.79 Å². The third kappa shape index (κ3) is 4.85. The fourth-order valence-corrected chi connectivity index (χ4v) is 2.32. The molecule has 9 heteroatoms. The molecule has 1 saturated heterocycles. The van der Waals surface area contributed by atoms with Crippen molar-refractivity contribution in [1.29, 1.82) is 0 Å². The normalized spacial score (nSPS) is 33.5. The van der Waals surface area contributed by atoms with Crippen LogP contribution >= 0.6 is 0 Å². The van der Waals surface area contributed by atoms with Gasteiger partial charge in [-0.05, 0) is 6.92 Å². The van der Waals surface area contributed by atoms with E-state index in [9.17, 15) is 9.90 Å². The van der Waals surface area contributed by atoms with Crippen LogP contribution < -0.4 is 5.48 Å². The number of ether oxygens (including phenoxy) is 5. The lowest BCUT2D eigenvalue weighted by atomic mass is 9.99. The summed E-state index contributed by atoms with van der Waals surface area (Å²) in [7, 11) is 5.86. The number of rotatable bonds is 8. The lowest BCUT2D eigenvalue weighted by Gasteiger charge is -2.43. The predicted octanol–water partition coefficient (Wildman–Crippen LogP) is -0.821. The molecule has 1 rings (SSSR count). The quantitative estimate of drug-likeness (QED) is 0.441. The molecule has 0 aromatic carbocycles. The van der Waals surface area contributed by atoms with Crippen LogP contribution in [0.25, 0.3) is 0 Å². The van der Waals surface area contributed by atoms with E-state index in [2.05, 4.69) is 10.2 Å². The second-order valence-corrected chi connectivity index (χ2v) is 4.85. The summed E-state index contributed by atoms with van der Waals surface area (Å²) >= 11 is 0. The molecule has 1 amide bonds. The number of carbonyl (C=O) groups is 1. The SMILES string of the molecule is COC(O)CC(=O)NOC1OC(C)C(OC)C(OC)C1OC. The van der Waals surface area contributed by atoms with Crippen molar-refractivity contribution in [1.82, 2.24) is 5.48 Å². The average molecular weight is 323 g/mol. The molecule has 0 aromatic rings. The van der Waals surface area contributed by atoms with E-state index in [0.29, 0.717) is 0 Å². The Labute approximate surface area is 129 Å². The van der Waals surface area contributed by atoms with Gasteiger partial charge in [0, 0.05) is 28.4 Å². The van der Waals surface area contributed by atoms with Crippen LogP contribution in [-0.4, -0.2) is 76.4 Å². The van der Waals surface area contributed by atoms with E-state index < -0.39 is 30.7 Å². The fourth-order valence-electron chi connectivity index (χ4n) is 2.32. The minimum atomic E-state index is -1.20. The first-order valence-corrected chi connectivity index (χ1v) is 6.87. The van der Waals surface area contributed by atoms with Gasteiger partial charge in [-0.15, -0.1) is 0 Å². The van der Waals surface area contributed by atoms with Gasteiger partial charge < -0.3 is 28.8 Å².